The summed E-state index contributed by atoms with van der Waals surface area (Å²) in [5.41, 5.74) is 8.01. The first-order chi connectivity index (χ1) is 25.1. The van der Waals surface area contributed by atoms with Gasteiger partial charge in [-0.3, -0.25) is 4.79 Å². The SMILES string of the molecule is C=C1CC2CCC34CC5OC6C(OC7CCC(CC(=O)CC8C(CC9OC(CCC1O2)CC(C)C9=C)OC(C[C@H](O)CN)C8OC)OC7C6O3)C5O4. The fourth-order valence-electron chi connectivity index (χ4n) is 11.3. The van der Waals surface area contributed by atoms with Crippen LogP contribution in [-0.2, 0) is 47.4 Å². The monoisotopic (exact) mass is 729 g/mol. The van der Waals surface area contributed by atoms with E-state index in [-0.39, 0.29) is 122 Å². The molecule has 0 aromatic carbocycles. The van der Waals surface area contributed by atoms with E-state index < -0.39 is 18.0 Å². The van der Waals surface area contributed by atoms with Gasteiger partial charge in [-0.1, -0.05) is 20.1 Å². The predicted molar refractivity (Wildman–Crippen MR) is 186 cm³/mol. The first kappa shape index (κ1) is 36.4. The number of hydrogen-bond donors (Lipinski definition) is 2. The molecule has 10 aliphatic heterocycles. The van der Waals surface area contributed by atoms with E-state index in [1.54, 1.807) is 7.11 Å². The fraction of sp³-hybridized carbons (Fsp3) is 0.875. The minimum atomic E-state index is -0.780. The molecule has 0 aromatic rings. The molecule has 1 spiro atoms. The van der Waals surface area contributed by atoms with E-state index in [4.69, 9.17) is 48.4 Å². The molecule has 12 bridgehead atoms. The molecule has 10 saturated heterocycles. The van der Waals surface area contributed by atoms with E-state index in [9.17, 15) is 9.90 Å². The number of ether oxygens (including phenoxy) is 9. The first-order valence-corrected chi connectivity index (χ1v) is 20.2. The zero-order valence-corrected chi connectivity index (χ0v) is 30.8. The summed E-state index contributed by atoms with van der Waals surface area (Å²) in [7, 11) is 1.66. The summed E-state index contributed by atoms with van der Waals surface area (Å²) in [4.78, 5) is 14.1. The van der Waals surface area contributed by atoms with E-state index in [2.05, 4.69) is 20.1 Å². The van der Waals surface area contributed by atoms with Crippen molar-refractivity contribution in [3.05, 3.63) is 24.3 Å². The minimum absolute atomic E-state index is 0.0158. The van der Waals surface area contributed by atoms with Crippen LogP contribution in [0.5, 0.6) is 0 Å². The molecule has 52 heavy (non-hydrogen) atoms. The molecule has 0 amide bonds. The lowest BCUT2D eigenvalue weighted by Gasteiger charge is -2.47. The molecular formula is C40H59NO11. The van der Waals surface area contributed by atoms with Crippen molar-refractivity contribution in [2.45, 2.75) is 194 Å². The Balaban J connectivity index is 0.994. The molecule has 0 radical (unpaired) electrons. The summed E-state index contributed by atoms with van der Waals surface area (Å²) in [6, 6.07) is 0. The van der Waals surface area contributed by atoms with Crippen molar-refractivity contribution in [2.24, 2.45) is 17.6 Å². The molecule has 10 heterocycles. The Labute approximate surface area is 307 Å². The number of carbonyl (C=O) groups excluding carboxylic acids is 1. The van der Waals surface area contributed by atoms with Gasteiger partial charge in [0.15, 0.2) is 5.79 Å². The van der Waals surface area contributed by atoms with E-state index >= 15 is 0 Å². The zero-order chi connectivity index (χ0) is 35.9. The second-order valence-corrected chi connectivity index (χ2v) is 17.4. The molecule has 10 aliphatic rings. The number of nitrogens with two attached hydrogens (primary N) is 1. The van der Waals surface area contributed by atoms with Crippen LogP contribution >= 0.6 is 0 Å². The van der Waals surface area contributed by atoms with E-state index in [1.807, 2.05) is 0 Å². The Kier molecular flexibility index (Phi) is 10.0. The average Bonchev–Trinajstić information content (AvgIpc) is 3.79. The normalized spacial score (nSPS) is 52.4. The Morgan fingerprint density at radius 2 is 1.56 bits per heavy atom. The number of hydrogen-bond acceptors (Lipinski definition) is 12. The maximum atomic E-state index is 14.1. The van der Waals surface area contributed by atoms with Crippen LogP contribution in [0.15, 0.2) is 24.3 Å². The van der Waals surface area contributed by atoms with Gasteiger partial charge in [-0.15, -0.1) is 0 Å². The van der Waals surface area contributed by atoms with Crippen molar-refractivity contribution in [1.82, 2.24) is 0 Å². The fourth-order valence-corrected chi connectivity index (χ4v) is 11.3. The molecule has 10 fully saturated rings. The molecule has 0 saturated carbocycles. The van der Waals surface area contributed by atoms with Gasteiger partial charge in [0.25, 0.3) is 0 Å². The predicted octanol–water partition coefficient (Wildman–Crippen LogP) is 3.44. The van der Waals surface area contributed by atoms with Crippen LogP contribution in [0.2, 0.25) is 0 Å². The minimum Gasteiger partial charge on any atom is -0.392 e. The molecule has 290 valence electrons. The van der Waals surface area contributed by atoms with Crippen LogP contribution in [-0.4, -0.2) is 128 Å². The largest absolute Gasteiger partial charge is 0.392 e. The Hall–Kier alpha value is -1.29. The summed E-state index contributed by atoms with van der Waals surface area (Å²) in [6.45, 7) is 11.3. The standard InChI is InChI=1S/C40H59NO11/c1-19-11-24-5-7-28-20(2)12-26(45-28)9-10-40-17-33-36(51-40)37-38(50-33)39(52-40)35-29(49-37)8-6-25(47-35)13-22(42)14-27-31(16-30(46-24)21(19)3)48-32(34(27)44-4)15-23(43)18-41/h19,23-39,43H,2-3,5-18,41H2,1,4H3/t19?,23-,24?,25?,26?,27?,28?,29?,30?,31?,32?,33?,34?,35?,36?,37?,38?,39?,40?/m0/s1. The quantitative estimate of drug-likeness (QED) is 0.409. The van der Waals surface area contributed by atoms with Crippen LogP contribution < -0.4 is 5.73 Å². The van der Waals surface area contributed by atoms with Crippen molar-refractivity contribution in [3.8, 4) is 0 Å². The number of methoxy groups -OCH3 is 1. The van der Waals surface area contributed by atoms with E-state index in [0.29, 0.717) is 25.7 Å². The maximum Gasteiger partial charge on any atom is 0.172 e. The van der Waals surface area contributed by atoms with Crippen molar-refractivity contribution in [2.75, 3.05) is 13.7 Å². The molecule has 12 nitrogen and oxygen atoms in total. The van der Waals surface area contributed by atoms with Gasteiger partial charge in [-0.25, -0.2) is 0 Å². The summed E-state index contributed by atoms with van der Waals surface area (Å²) in [6.07, 6.45) is 4.85. The van der Waals surface area contributed by atoms with Crippen LogP contribution in [0, 0.1) is 11.8 Å². The van der Waals surface area contributed by atoms with Gasteiger partial charge in [0, 0.05) is 58.1 Å². The maximum absolute atomic E-state index is 14.1. The number of ketones is 1. The lowest BCUT2D eigenvalue weighted by molar-refractivity contribution is -0.292. The molecular weight excluding hydrogens is 670 g/mol. The summed E-state index contributed by atoms with van der Waals surface area (Å²) in [5.74, 6) is -0.619. The van der Waals surface area contributed by atoms with Crippen molar-refractivity contribution >= 4 is 5.78 Å². The number of Topliss-reactive ketones (excluding diaryl/α,β-unsaturated/α-hetero) is 1. The third-order valence-corrected chi connectivity index (χ3v) is 14.0. The van der Waals surface area contributed by atoms with Gasteiger partial charge in [0.1, 0.15) is 36.3 Å². The molecule has 0 aliphatic carbocycles. The highest BCUT2D eigenvalue weighted by Crippen LogP contribution is 2.54. The number of aliphatic hydroxyl groups excluding tert-OH is 1. The zero-order valence-electron chi connectivity index (χ0n) is 30.8. The van der Waals surface area contributed by atoms with Crippen molar-refractivity contribution in [1.29, 1.82) is 0 Å². The number of aliphatic hydroxyl groups is 1. The summed E-state index contributed by atoms with van der Waals surface area (Å²) < 4.78 is 60.0. The lowest BCUT2D eigenvalue weighted by Crippen LogP contribution is -2.61. The summed E-state index contributed by atoms with van der Waals surface area (Å²) in [5, 5.41) is 10.5. The number of carbonyl (C=O) groups is 1. The number of rotatable bonds is 4. The molecule has 12 heteroatoms. The van der Waals surface area contributed by atoms with Crippen LogP contribution in [0.25, 0.3) is 0 Å². The second kappa shape index (κ2) is 14.3. The van der Waals surface area contributed by atoms with Gasteiger partial charge in [-0.05, 0) is 62.0 Å². The van der Waals surface area contributed by atoms with Crippen LogP contribution in [0.1, 0.15) is 90.4 Å². The van der Waals surface area contributed by atoms with E-state index in [1.165, 1.54) is 0 Å². The highest BCUT2D eigenvalue weighted by molar-refractivity contribution is 5.79. The molecule has 19 atom stereocenters. The highest BCUT2D eigenvalue weighted by Gasteiger charge is 2.68. The van der Waals surface area contributed by atoms with Crippen LogP contribution in [0.4, 0.5) is 0 Å². The number of fused-ring (bicyclic) bond motifs is 6. The van der Waals surface area contributed by atoms with Crippen molar-refractivity contribution < 1.29 is 52.5 Å². The second-order valence-electron chi connectivity index (χ2n) is 17.4. The van der Waals surface area contributed by atoms with Crippen molar-refractivity contribution in [3.63, 3.8) is 0 Å². The van der Waals surface area contributed by atoms with E-state index in [0.717, 1.165) is 56.1 Å². The first-order valence-electron chi connectivity index (χ1n) is 20.2. The third kappa shape index (κ3) is 6.59. The van der Waals surface area contributed by atoms with Gasteiger partial charge in [0.05, 0.1) is 67.1 Å². The van der Waals surface area contributed by atoms with Gasteiger partial charge < -0.3 is 53.5 Å². The topological polar surface area (TPSA) is 146 Å². The van der Waals surface area contributed by atoms with Crippen LogP contribution in [0.3, 0.4) is 0 Å². The molecule has 18 unspecified atom stereocenters. The Bertz CT molecular complexity index is 1380. The smallest absolute Gasteiger partial charge is 0.172 e. The average molecular weight is 730 g/mol. The third-order valence-electron chi connectivity index (χ3n) is 14.0. The summed E-state index contributed by atoms with van der Waals surface area (Å²) >= 11 is 0. The lowest BCUT2D eigenvalue weighted by atomic mass is 9.81. The van der Waals surface area contributed by atoms with Gasteiger partial charge >= 0.3 is 0 Å². The highest BCUT2D eigenvalue weighted by atomic mass is 16.8. The van der Waals surface area contributed by atoms with Gasteiger partial charge in [-0.2, -0.15) is 0 Å². The van der Waals surface area contributed by atoms with Gasteiger partial charge in [0.2, 0.25) is 0 Å². The molecule has 0 aromatic heterocycles. The Morgan fingerprint density at radius 1 is 0.808 bits per heavy atom. The Morgan fingerprint density at radius 3 is 2.38 bits per heavy atom. The molecule has 3 N–H and O–H groups in total. The molecule has 10 rings (SSSR count).